The molecule has 0 radical (unpaired) electrons. The topological polar surface area (TPSA) is 88.3 Å². The van der Waals surface area contributed by atoms with Crippen molar-refractivity contribution < 1.29 is 14.0 Å². The largest absolute Gasteiger partial charge is 0.459 e. The maximum Gasteiger partial charge on any atom is 0.290 e. The van der Waals surface area contributed by atoms with Gasteiger partial charge >= 0.3 is 0 Å². The molecule has 1 aliphatic rings. The molecule has 7 nitrogen and oxygen atoms in total. The Balaban J connectivity index is 1.59. The van der Waals surface area contributed by atoms with Crippen molar-refractivity contribution >= 4 is 17.5 Å². The van der Waals surface area contributed by atoms with Crippen molar-refractivity contribution in [2.45, 2.75) is 45.2 Å². The fourth-order valence-corrected chi connectivity index (χ4v) is 3.52. The maximum atomic E-state index is 13.2. The van der Waals surface area contributed by atoms with Gasteiger partial charge in [-0.15, -0.1) is 0 Å². The highest BCUT2D eigenvalue weighted by Gasteiger charge is 2.36. The van der Waals surface area contributed by atoms with Crippen molar-refractivity contribution in [1.29, 1.82) is 0 Å². The molecule has 7 heteroatoms. The molecular weight excluding hydrogens is 380 g/mol. The summed E-state index contributed by atoms with van der Waals surface area (Å²) >= 11 is 0. The average molecular weight is 404 g/mol. The minimum absolute atomic E-state index is 0.179. The van der Waals surface area contributed by atoms with Crippen LogP contribution in [-0.2, 0) is 23.2 Å². The molecule has 30 heavy (non-hydrogen) atoms. The van der Waals surface area contributed by atoms with Gasteiger partial charge in [-0.25, -0.2) is 9.97 Å². The zero-order chi connectivity index (χ0) is 21.3. The Bertz CT molecular complexity index is 1050. The Morgan fingerprint density at radius 3 is 2.40 bits per heavy atom. The number of nitrogens with one attached hydrogen (secondary N) is 1. The van der Waals surface area contributed by atoms with Crippen molar-refractivity contribution in [1.82, 2.24) is 14.9 Å². The summed E-state index contributed by atoms with van der Waals surface area (Å²) in [5.41, 5.74) is 2.40. The highest BCUT2D eigenvalue weighted by Crippen LogP contribution is 2.26. The fourth-order valence-electron chi connectivity index (χ4n) is 3.52. The van der Waals surface area contributed by atoms with Gasteiger partial charge in [0.15, 0.2) is 5.76 Å². The number of rotatable bonds is 3. The second-order valence-electron chi connectivity index (χ2n) is 8.43. The van der Waals surface area contributed by atoms with Crippen LogP contribution in [-0.4, -0.2) is 32.7 Å². The number of amides is 2. The summed E-state index contributed by atoms with van der Waals surface area (Å²) in [5.74, 6) is 0.317. The van der Waals surface area contributed by atoms with Gasteiger partial charge in [-0.2, -0.15) is 0 Å². The summed E-state index contributed by atoms with van der Waals surface area (Å²) in [6.45, 7) is 6.42. The minimum Gasteiger partial charge on any atom is -0.459 e. The van der Waals surface area contributed by atoms with Gasteiger partial charge in [0.25, 0.3) is 5.91 Å². The van der Waals surface area contributed by atoms with Gasteiger partial charge in [0, 0.05) is 18.4 Å². The molecule has 1 N–H and O–H groups in total. The predicted octanol–water partition coefficient (Wildman–Crippen LogP) is 3.57. The molecule has 0 spiro atoms. The first kappa shape index (κ1) is 19.8. The van der Waals surface area contributed by atoms with E-state index in [1.807, 2.05) is 45.0 Å². The molecule has 1 aliphatic heterocycles. The monoisotopic (exact) mass is 404 g/mol. The van der Waals surface area contributed by atoms with Crippen molar-refractivity contribution in [2.75, 3.05) is 5.32 Å². The molecule has 0 aliphatic carbocycles. The van der Waals surface area contributed by atoms with E-state index in [1.54, 1.807) is 29.4 Å². The average Bonchev–Trinajstić information content (AvgIpc) is 3.27. The first-order valence-corrected chi connectivity index (χ1v) is 9.87. The zero-order valence-corrected chi connectivity index (χ0v) is 17.3. The van der Waals surface area contributed by atoms with Gasteiger partial charge in [-0.1, -0.05) is 45.0 Å². The SMILES string of the molecule is CC(C)(C)c1ncc(NC(=O)[C@@H]2Cc3ccccc3CN2C(=O)c2ccco2)cn1. The Labute approximate surface area is 175 Å². The number of benzene rings is 1. The van der Waals surface area contributed by atoms with Gasteiger partial charge < -0.3 is 14.6 Å². The number of hydrogen-bond donors (Lipinski definition) is 1. The first-order valence-electron chi connectivity index (χ1n) is 9.87. The van der Waals surface area contributed by atoms with E-state index in [4.69, 9.17) is 4.42 Å². The Morgan fingerprint density at radius 1 is 1.07 bits per heavy atom. The van der Waals surface area contributed by atoms with Crippen LogP contribution in [0.1, 0.15) is 48.3 Å². The lowest BCUT2D eigenvalue weighted by Crippen LogP contribution is -2.50. The lowest BCUT2D eigenvalue weighted by atomic mass is 9.93. The van der Waals surface area contributed by atoms with Crippen molar-refractivity contribution in [3.05, 3.63) is 77.8 Å². The first-order chi connectivity index (χ1) is 14.3. The fraction of sp³-hybridized carbons (Fsp3) is 0.304. The molecule has 2 aromatic heterocycles. The summed E-state index contributed by atoms with van der Waals surface area (Å²) < 4.78 is 5.28. The summed E-state index contributed by atoms with van der Waals surface area (Å²) in [5, 5.41) is 2.86. The molecule has 154 valence electrons. The number of furan rings is 1. The number of aromatic nitrogens is 2. The third-order valence-corrected chi connectivity index (χ3v) is 5.13. The van der Waals surface area contributed by atoms with Crippen LogP contribution < -0.4 is 5.32 Å². The van der Waals surface area contributed by atoms with Crippen LogP contribution in [0.5, 0.6) is 0 Å². The Hall–Kier alpha value is -3.48. The van der Waals surface area contributed by atoms with E-state index < -0.39 is 6.04 Å². The molecule has 3 heterocycles. The number of carbonyl (C=O) groups excluding carboxylic acids is 2. The molecule has 0 saturated carbocycles. The third kappa shape index (κ3) is 3.96. The van der Waals surface area contributed by atoms with Crippen LogP contribution in [0.4, 0.5) is 5.69 Å². The van der Waals surface area contributed by atoms with Crippen LogP contribution in [0.25, 0.3) is 0 Å². The van der Waals surface area contributed by atoms with Gasteiger partial charge in [0.1, 0.15) is 11.9 Å². The van der Waals surface area contributed by atoms with Crippen molar-refractivity contribution in [2.24, 2.45) is 0 Å². The molecule has 4 rings (SSSR count). The van der Waals surface area contributed by atoms with Crippen molar-refractivity contribution in [3.63, 3.8) is 0 Å². The Kier molecular flexibility index (Phi) is 5.11. The highest BCUT2D eigenvalue weighted by atomic mass is 16.3. The van der Waals surface area contributed by atoms with Gasteiger partial charge in [0.05, 0.1) is 24.3 Å². The second-order valence-corrected chi connectivity index (χ2v) is 8.43. The smallest absolute Gasteiger partial charge is 0.290 e. The molecule has 0 unspecified atom stereocenters. The molecule has 1 atom stereocenters. The highest BCUT2D eigenvalue weighted by molar-refractivity contribution is 6.00. The van der Waals surface area contributed by atoms with E-state index in [-0.39, 0.29) is 23.0 Å². The zero-order valence-electron chi connectivity index (χ0n) is 17.3. The van der Waals surface area contributed by atoms with Gasteiger partial charge in [-0.3, -0.25) is 9.59 Å². The number of fused-ring (bicyclic) bond motifs is 1. The van der Waals surface area contributed by atoms with E-state index in [1.165, 1.54) is 6.26 Å². The summed E-state index contributed by atoms with van der Waals surface area (Å²) in [7, 11) is 0. The van der Waals surface area contributed by atoms with Crippen LogP contribution >= 0.6 is 0 Å². The normalized spacial score (nSPS) is 16.1. The van der Waals surface area contributed by atoms with E-state index in [9.17, 15) is 9.59 Å². The maximum absolute atomic E-state index is 13.2. The summed E-state index contributed by atoms with van der Waals surface area (Å²) in [6.07, 6.45) is 5.07. The summed E-state index contributed by atoms with van der Waals surface area (Å²) in [6, 6.07) is 10.4. The van der Waals surface area contributed by atoms with Crippen LogP contribution in [0.2, 0.25) is 0 Å². The molecule has 0 fully saturated rings. The number of carbonyl (C=O) groups is 2. The predicted molar refractivity (Wildman–Crippen MR) is 112 cm³/mol. The molecular formula is C23H24N4O3. The summed E-state index contributed by atoms with van der Waals surface area (Å²) in [4.78, 5) is 36.4. The van der Waals surface area contributed by atoms with Gasteiger partial charge in [-0.05, 0) is 23.3 Å². The lowest BCUT2D eigenvalue weighted by molar-refractivity contribution is -0.121. The molecule has 0 bridgehead atoms. The standard InChI is InChI=1S/C23H24N4O3/c1-23(2,3)22-24-12-17(13-25-22)26-20(28)18-11-15-7-4-5-8-16(15)14-27(18)21(29)19-9-6-10-30-19/h4-10,12-13,18H,11,14H2,1-3H3,(H,26,28)/t18-/m0/s1. The Morgan fingerprint density at radius 2 is 1.77 bits per heavy atom. The van der Waals surface area contributed by atoms with Crippen molar-refractivity contribution in [3.8, 4) is 0 Å². The quantitative estimate of drug-likeness (QED) is 0.721. The van der Waals surface area contributed by atoms with E-state index >= 15 is 0 Å². The lowest BCUT2D eigenvalue weighted by Gasteiger charge is -2.35. The molecule has 0 saturated heterocycles. The number of hydrogen-bond acceptors (Lipinski definition) is 5. The van der Waals surface area contributed by atoms with E-state index in [0.29, 0.717) is 24.5 Å². The molecule has 3 aromatic rings. The van der Waals surface area contributed by atoms with Crippen LogP contribution in [0.15, 0.2) is 59.5 Å². The van der Waals surface area contributed by atoms with E-state index in [2.05, 4.69) is 15.3 Å². The molecule has 1 aromatic carbocycles. The van der Waals surface area contributed by atoms with Crippen LogP contribution in [0.3, 0.4) is 0 Å². The second kappa shape index (κ2) is 7.74. The number of anilines is 1. The number of nitrogens with zero attached hydrogens (tertiary/aromatic N) is 3. The molecule has 2 amide bonds. The van der Waals surface area contributed by atoms with E-state index in [0.717, 1.165) is 11.1 Å². The van der Waals surface area contributed by atoms with Crippen LogP contribution in [0, 0.1) is 0 Å². The third-order valence-electron chi connectivity index (χ3n) is 5.13. The minimum atomic E-state index is -0.667. The van der Waals surface area contributed by atoms with Gasteiger partial charge in [0.2, 0.25) is 5.91 Å².